The highest BCUT2D eigenvalue weighted by Crippen LogP contribution is 2.34. The highest BCUT2D eigenvalue weighted by atomic mass is 16.5. The van der Waals surface area contributed by atoms with Crippen LogP contribution in [0, 0.1) is 11.8 Å². The van der Waals surface area contributed by atoms with Gasteiger partial charge in [-0.05, 0) is 37.3 Å². The zero-order chi connectivity index (χ0) is 13.1. The van der Waals surface area contributed by atoms with Crippen molar-refractivity contribution in [3.05, 3.63) is 29.8 Å². The molecule has 0 aromatic heterocycles. The number of benzene rings is 1. The van der Waals surface area contributed by atoms with E-state index in [9.17, 15) is 0 Å². The first-order valence-electron chi connectivity index (χ1n) is 7.38. The van der Waals surface area contributed by atoms with Gasteiger partial charge in [0.25, 0.3) is 0 Å². The third-order valence-corrected chi connectivity index (χ3v) is 4.57. The predicted molar refractivity (Wildman–Crippen MR) is 75.4 cm³/mol. The summed E-state index contributed by atoms with van der Waals surface area (Å²) >= 11 is 0. The first-order valence-corrected chi connectivity index (χ1v) is 7.38. The van der Waals surface area contributed by atoms with Crippen molar-refractivity contribution in [1.29, 1.82) is 0 Å². The van der Waals surface area contributed by atoms with Crippen LogP contribution in [0.4, 0.5) is 0 Å². The maximum atomic E-state index is 5.95. The summed E-state index contributed by atoms with van der Waals surface area (Å²) in [4.78, 5) is 0. The average Bonchev–Trinajstić information content (AvgIpc) is 3.06. The van der Waals surface area contributed by atoms with Gasteiger partial charge in [-0.3, -0.25) is 0 Å². The predicted octanol–water partition coefficient (Wildman–Crippen LogP) is 2.55. The van der Waals surface area contributed by atoms with Crippen LogP contribution < -0.4 is 10.5 Å². The fourth-order valence-corrected chi connectivity index (χ4v) is 3.37. The number of hydrogen-bond acceptors (Lipinski definition) is 3. The Morgan fingerprint density at radius 3 is 2.89 bits per heavy atom. The van der Waals surface area contributed by atoms with E-state index in [1.165, 1.54) is 24.8 Å². The fraction of sp³-hybridized carbons (Fsp3) is 0.625. The topological polar surface area (TPSA) is 44.5 Å². The van der Waals surface area contributed by atoms with E-state index >= 15 is 0 Å². The van der Waals surface area contributed by atoms with Crippen molar-refractivity contribution in [1.82, 2.24) is 0 Å². The molecule has 2 aliphatic rings. The maximum absolute atomic E-state index is 5.95. The summed E-state index contributed by atoms with van der Waals surface area (Å²) in [5, 5.41) is 0. The van der Waals surface area contributed by atoms with Gasteiger partial charge >= 0.3 is 0 Å². The number of fused-ring (bicyclic) bond motifs is 1. The van der Waals surface area contributed by atoms with Crippen molar-refractivity contribution in [2.45, 2.75) is 25.2 Å². The summed E-state index contributed by atoms with van der Waals surface area (Å²) in [5.74, 6) is 2.76. The molecule has 1 heterocycles. The van der Waals surface area contributed by atoms with Gasteiger partial charge in [0.05, 0.1) is 13.2 Å². The van der Waals surface area contributed by atoms with Crippen molar-refractivity contribution in [3.63, 3.8) is 0 Å². The largest absolute Gasteiger partial charge is 0.493 e. The second-order valence-corrected chi connectivity index (χ2v) is 5.77. The third kappa shape index (κ3) is 2.77. The smallest absolute Gasteiger partial charge is 0.123 e. The van der Waals surface area contributed by atoms with Gasteiger partial charge in [-0.1, -0.05) is 24.6 Å². The van der Waals surface area contributed by atoms with Gasteiger partial charge in [-0.25, -0.2) is 0 Å². The summed E-state index contributed by atoms with van der Waals surface area (Å²) in [6.07, 6.45) is 3.87. The Labute approximate surface area is 115 Å². The molecule has 1 aliphatic carbocycles. The Bertz CT molecular complexity index is 421. The second kappa shape index (κ2) is 5.93. The Balaban J connectivity index is 1.49. The minimum Gasteiger partial charge on any atom is -0.493 e. The molecule has 1 aromatic rings. The molecular formula is C16H23NO2. The zero-order valence-corrected chi connectivity index (χ0v) is 11.4. The number of para-hydroxylation sites is 1. The normalized spacial score (nSPS) is 29.2. The molecule has 1 fully saturated rings. The van der Waals surface area contributed by atoms with E-state index in [0.717, 1.165) is 32.1 Å². The molecule has 0 spiro atoms. The van der Waals surface area contributed by atoms with Crippen LogP contribution in [0.15, 0.2) is 24.3 Å². The summed E-state index contributed by atoms with van der Waals surface area (Å²) in [5.41, 5.74) is 7.10. The molecule has 1 saturated carbocycles. The molecule has 1 aliphatic heterocycles. The molecule has 3 atom stereocenters. The fourth-order valence-electron chi connectivity index (χ4n) is 3.37. The van der Waals surface area contributed by atoms with E-state index in [0.29, 0.717) is 17.8 Å². The van der Waals surface area contributed by atoms with Gasteiger partial charge in [-0.2, -0.15) is 0 Å². The first kappa shape index (κ1) is 12.9. The molecule has 0 bridgehead atoms. The van der Waals surface area contributed by atoms with Crippen molar-refractivity contribution >= 4 is 0 Å². The lowest BCUT2D eigenvalue weighted by molar-refractivity contribution is 0.0724. The van der Waals surface area contributed by atoms with E-state index in [1.807, 2.05) is 12.1 Å². The molecule has 3 unspecified atom stereocenters. The Morgan fingerprint density at radius 1 is 1.16 bits per heavy atom. The van der Waals surface area contributed by atoms with Crippen molar-refractivity contribution in [2.24, 2.45) is 17.6 Å². The minimum atomic E-state index is 0.397. The molecule has 104 valence electrons. The number of nitrogens with two attached hydrogens (primary N) is 1. The van der Waals surface area contributed by atoms with Crippen LogP contribution in [0.2, 0.25) is 0 Å². The SMILES string of the molecule is NCC1CCCC1COCC1COc2ccccc21. The van der Waals surface area contributed by atoms with E-state index in [4.69, 9.17) is 15.2 Å². The molecule has 0 saturated heterocycles. The van der Waals surface area contributed by atoms with Gasteiger partial charge in [0, 0.05) is 18.1 Å². The molecule has 1 aromatic carbocycles. The molecule has 0 amide bonds. The Hall–Kier alpha value is -1.06. The van der Waals surface area contributed by atoms with Crippen LogP contribution in [0.25, 0.3) is 0 Å². The van der Waals surface area contributed by atoms with E-state index in [-0.39, 0.29) is 0 Å². The summed E-state index contributed by atoms with van der Waals surface area (Å²) in [7, 11) is 0. The van der Waals surface area contributed by atoms with Crippen LogP contribution in [0.3, 0.4) is 0 Å². The van der Waals surface area contributed by atoms with Gasteiger partial charge in [0.2, 0.25) is 0 Å². The quantitative estimate of drug-likeness (QED) is 0.886. The molecule has 3 heteroatoms. The van der Waals surface area contributed by atoms with Crippen molar-refractivity contribution in [2.75, 3.05) is 26.4 Å². The van der Waals surface area contributed by atoms with Crippen LogP contribution in [-0.4, -0.2) is 26.4 Å². The average molecular weight is 261 g/mol. The number of hydrogen-bond donors (Lipinski definition) is 1. The lowest BCUT2D eigenvalue weighted by Gasteiger charge is -2.19. The monoisotopic (exact) mass is 261 g/mol. The second-order valence-electron chi connectivity index (χ2n) is 5.77. The van der Waals surface area contributed by atoms with Crippen molar-refractivity contribution in [3.8, 4) is 5.75 Å². The Kier molecular flexibility index (Phi) is 4.04. The summed E-state index contributed by atoms with van der Waals surface area (Å²) in [6.45, 7) is 3.19. The minimum absolute atomic E-state index is 0.397. The van der Waals surface area contributed by atoms with Gasteiger partial charge in [-0.15, -0.1) is 0 Å². The first-order chi connectivity index (χ1) is 9.38. The molecule has 19 heavy (non-hydrogen) atoms. The number of ether oxygens (including phenoxy) is 2. The molecule has 3 nitrogen and oxygen atoms in total. The summed E-state index contributed by atoms with van der Waals surface area (Å²) in [6, 6.07) is 8.28. The lowest BCUT2D eigenvalue weighted by atomic mass is 9.97. The molecule has 3 rings (SSSR count). The van der Waals surface area contributed by atoms with Crippen LogP contribution >= 0.6 is 0 Å². The molecule has 2 N–H and O–H groups in total. The highest BCUT2D eigenvalue weighted by molar-refractivity contribution is 5.39. The van der Waals surface area contributed by atoms with E-state index < -0.39 is 0 Å². The van der Waals surface area contributed by atoms with E-state index in [2.05, 4.69) is 12.1 Å². The van der Waals surface area contributed by atoms with Crippen LogP contribution in [-0.2, 0) is 4.74 Å². The standard InChI is InChI=1S/C16H23NO2/c17-8-12-4-3-5-13(12)9-18-10-14-11-19-16-7-2-1-6-15(14)16/h1-2,6-7,12-14H,3-5,8-11,17H2. The maximum Gasteiger partial charge on any atom is 0.123 e. The third-order valence-electron chi connectivity index (χ3n) is 4.57. The summed E-state index contributed by atoms with van der Waals surface area (Å²) < 4.78 is 11.6. The van der Waals surface area contributed by atoms with Crippen LogP contribution in [0.1, 0.15) is 30.7 Å². The van der Waals surface area contributed by atoms with Gasteiger partial charge in [0.1, 0.15) is 5.75 Å². The highest BCUT2D eigenvalue weighted by Gasteiger charge is 2.28. The van der Waals surface area contributed by atoms with Crippen LogP contribution in [0.5, 0.6) is 5.75 Å². The zero-order valence-electron chi connectivity index (χ0n) is 11.4. The lowest BCUT2D eigenvalue weighted by Crippen LogP contribution is -2.23. The van der Waals surface area contributed by atoms with E-state index in [1.54, 1.807) is 0 Å². The molecular weight excluding hydrogens is 238 g/mol. The Morgan fingerprint density at radius 2 is 2.00 bits per heavy atom. The molecule has 0 radical (unpaired) electrons. The van der Waals surface area contributed by atoms with Gasteiger partial charge in [0.15, 0.2) is 0 Å². The van der Waals surface area contributed by atoms with Crippen molar-refractivity contribution < 1.29 is 9.47 Å². The van der Waals surface area contributed by atoms with Gasteiger partial charge < -0.3 is 15.2 Å². The number of rotatable bonds is 5.